The Balaban J connectivity index is 2.32. The summed E-state index contributed by atoms with van der Waals surface area (Å²) in [4.78, 5) is 14.0. The first-order valence-electron chi connectivity index (χ1n) is 7.73. The first kappa shape index (κ1) is 16.0. The van der Waals surface area contributed by atoms with Crippen LogP contribution in [0.25, 0.3) is 0 Å². The summed E-state index contributed by atoms with van der Waals surface area (Å²) in [5.41, 5.74) is 3.75. The van der Waals surface area contributed by atoms with Crippen LogP contribution in [0.15, 0.2) is 0 Å². The van der Waals surface area contributed by atoms with E-state index in [1.807, 2.05) is 6.92 Å². The minimum atomic E-state index is 0.559. The molecule has 6 nitrogen and oxygen atoms in total. The lowest BCUT2D eigenvalue weighted by Crippen LogP contribution is -2.34. The lowest BCUT2D eigenvalue weighted by molar-refractivity contribution is 0.266. The molecule has 0 bridgehead atoms. The van der Waals surface area contributed by atoms with Crippen LogP contribution in [0.2, 0.25) is 0 Å². The van der Waals surface area contributed by atoms with Gasteiger partial charge in [-0.3, -0.25) is 0 Å². The average Bonchev–Trinajstić information content (AvgIpc) is 2.83. The van der Waals surface area contributed by atoms with Gasteiger partial charge in [0.2, 0.25) is 0 Å². The van der Waals surface area contributed by atoms with Gasteiger partial charge in [-0.2, -0.15) is 0 Å². The molecule has 1 aliphatic rings. The Bertz CT molecular complexity index is 487. The van der Waals surface area contributed by atoms with Gasteiger partial charge in [0.25, 0.3) is 0 Å². The standard InChI is InChI=1S/C15H28N6/c1-6-7-13-17-14(19-16)11(3)15(18-13)21-8-10(2)12(9-21)20(4)5/h10,12H,6-9,16H2,1-5H3,(H,17,18,19). The average molecular weight is 292 g/mol. The van der Waals surface area contributed by atoms with Crippen molar-refractivity contribution < 1.29 is 0 Å². The predicted molar refractivity (Wildman–Crippen MR) is 87.4 cm³/mol. The molecule has 1 saturated heterocycles. The molecule has 2 atom stereocenters. The van der Waals surface area contributed by atoms with Crippen LogP contribution in [0.1, 0.15) is 31.7 Å². The minimum absolute atomic E-state index is 0.559. The van der Waals surface area contributed by atoms with Crippen molar-refractivity contribution in [2.75, 3.05) is 37.5 Å². The van der Waals surface area contributed by atoms with Crippen molar-refractivity contribution in [1.29, 1.82) is 0 Å². The number of nitrogens with two attached hydrogens (primary N) is 1. The molecule has 2 rings (SSSR count). The van der Waals surface area contributed by atoms with Crippen LogP contribution in [-0.4, -0.2) is 48.1 Å². The van der Waals surface area contributed by atoms with E-state index in [0.717, 1.165) is 49.0 Å². The quantitative estimate of drug-likeness (QED) is 0.631. The summed E-state index contributed by atoms with van der Waals surface area (Å²) in [6.07, 6.45) is 1.91. The molecule has 2 unspecified atom stereocenters. The molecule has 3 N–H and O–H groups in total. The SMILES string of the molecule is CCCc1nc(NN)c(C)c(N2CC(C)C(N(C)C)C2)n1. The van der Waals surface area contributed by atoms with E-state index in [9.17, 15) is 0 Å². The van der Waals surface area contributed by atoms with Crippen molar-refractivity contribution in [2.45, 2.75) is 39.7 Å². The van der Waals surface area contributed by atoms with E-state index in [4.69, 9.17) is 10.8 Å². The Kier molecular flexibility index (Phi) is 5.00. The summed E-state index contributed by atoms with van der Waals surface area (Å²) in [5, 5.41) is 0. The number of hydrogen-bond donors (Lipinski definition) is 2. The molecule has 0 aromatic carbocycles. The van der Waals surface area contributed by atoms with Gasteiger partial charge in [-0.05, 0) is 33.4 Å². The van der Waals surface area contributed by atoms with Crippen LogP contribution < -0.4 is 16.2 Å². The van der Waals surface area contributed by atoms with Crippen molar-refractivity contribution >= 4 is 11.6 Å². The summed E-state index contributed by atoms with van der Waals surface area (Å²) in [6, 6.07) is 0.559. The number of likely N-dealkylation sites (N-methyl/N-ethyl adjacent to an activating group) is 1. The molecule has 0 amide bonds. The Morgan fingerprint density at radius 3 is 2.57 bits per heavy atom. The van der Waals surface area contributed by atoms with E-state index in [2.05, 4.69) is 48.2 Å². The van der Waals surface area contributed by atoms with Gasteiger partial charge in [-0.1, -0.05) is 13.8 Å². The van der Waals surface area contributed by atoms with E-state index in [1.54, 1.807) is 0 Å². The van der Waals surface area contributed by atoms with Gasteiger partial charge in [0.15, 0.2) is 0 Å². The van der Waals surface area contributed by atoms with Crippen LogP contribution in [0.4, 0.5) is 11.6 Å². The van der Waals surface area contributed by atoms with Crippen molar-refractivity contribution in [2.24, 2.45) is 11.8 Å². The molecule has 1 aromatic heterocycles. The summed E-state index contributed by atoms with van der Waals surface area (Å²) in [6.45, 7) is 8.50. The third-order valence-corrected chi connectivity index (χ3v) is 4.31. The number of hydrazine groups is 1. The number of rotatable bonds is 5. The number of nitrogens with zero attached hydrogens (tertiary/aromatic N) is 4. The molecule has 2 heterocycles. The number of aromatic nitrogens is 2. The molecule has 6 heteroatoms. The van der Waals surface area contributed by atoms with Crippen molar-refractivity contribution in [1.82, 2.24) is 14.9 Å². The maximum absolute atomic E-state index is 5.62. The fraction of sp³-hybridized carbons (Fsp3) is 0.733. The number of aryl methyl sites for hydroxylation is 1. The second kappa shape index (κ2) is 6.58. The highest BCUT2D eigenvalue weighted by molar-refractivity contribution is 5.59. The van der Waals surface area contributed by atoms with Gasteiger partial charge < -0.3 is 15.2 Å². The molecule has 0 saturated carbocycles. The maximum Gasteiger partial charge on any atom is 0.148 e. The van der Waals surface area contributed by atoms with Crippen LogP contribution in [0.5, 0.6) is 0 Å². The van der Waals surface area contributed by atoms with Crippen molar-refractivity contribution in [3.05, 3.63) is 11.4 Å². The lowest BCUT2D eigenvalue weighted by atomic mass is 10.1. The van der Waals surface area contributed by atoms with E-state index in [0.29, 0.717) is 12.0 Å². The highest BCUT2D eigenvalue weighted by atomic mass is 15.3. The van der Waals surface area contributed by atoms with Gasteiger partial charge >= 0.3 is 0 Å². The zero-order valence-electron chi connectivity index (χ0n) is 13.8. The van der Waals surface area contributed by atoms with E-state index < -0.39 is 0 Å². The topological polar surface area (TPSA) is 70.3 Å². The van der Waals surface area contributed by atoms with Crippen molar-refractivity contribution in [3.63, 3.8) is 0 Å². The second-order valence-corrected chi connectivity index (χ2v) is 6.24. The molecule has 21 heavy (non-hydrogen) atoms. The van der Waals surface area contributed by atoms with E-state index >= 15 is 0 Å². The van der Waals surface area contributed by atoms with Gasteiger partial charge in [0, 0.05) is 31.1 Å². The number of anilines is 2. The van der Waals surface area contributed by atoms with E-state index in [1.165, 1.54) is 0 Å². The Hall–Kier alpha value is -1.40. The number of nitrogen functional groups attached to an aromatic ring is 1. The first-order chi connectivity index (χ1) is 9.97. The molecular formula is C15H28N6. The summed E-state index contributed by atoms with van der Waals surface area (Å²) in [7, 11) is 4.29. The number of hydrogen-bond acceptors (Lipinski definition) is 6. The Labute approximate surface area is 127 Å². The van der Waals surface area contributed by atoms with Gasteiger partial charge in [-0.25, -0.2) is 15.8 Å². The summed E-state index contributed by atoms with van der Waals surface area (Å²) in [5.74, 6) is 8.88. The zero-order valence-corrected chi connectivity index (χ0v) is 13.8. The van der Waals surface area contributed by atoms with Gasteiger partial charge in [0.1, 0.15) is 17.5 Å². The number of nitrogens with one attached hydrogen (secondary N) is 1. The molecule has 1 fully saturated rings. The molecule has 0 spiro atoms. The predicted octanol–water partition coefficient (Wildman–Crippen LogP) is 1.41. The molecule has 1 aromatic rings. The monoisotopic (exact) mass is 292 g/mol. The van der Waals surface area contributed by atoms with Crippen LogP contribution in [0, 0.1) is 12.8 Å². The largest absolute Gasteiger partial charge is 0.354 e. The van der Waals surface area contributed by atoms with Crippen LogP contribution in [0.3, 0.4) is 0 Å². The molecular weight excluding hydrogens is 264 g/mol. The fourth-order valence-electron chi connectivity index (χ4n) is 3.13. The third-order valence-electron chi connectivity index (χ3n) is 4.31. The van der Waals surface area contributed by atoms with Crippen LogP contribution in [-0.2, 0) is 6.42 Å². The normalized spacial score (nSPS) is 22.1. The fourth-order valence-corrected chi connectivity index (χ4v) is 3.13. The summed E-state index contributed by atoms with van der Waals surface area (Å²) < 4.78 is 0. The van der Waals surface area contributed by atoms with Gasteiger partial charge in [-0.15, -0.1) is 0 Å². The van der Waals surface area contributed by atoms with Crippen LogP contribution >= 0.6 is 0 Å². The van der Waals surface area contributed by atoms with Crippen molar-refractivity contribution in [3.8, 4) is 0 Å². The Morgan fingerprint density at radius 2 is 2.05 bits per heavy atom. The zero-order chi connectivity index (χ0) is 15.6. The third kappa shape index (κ3) is 3.27. The molecule has 118 valence electrons. The highest BCUT2D eigenvalue weighted by Gasteiger charge is 2.33. The van der Waals surface area contributed by atoms with Gasteiger partial charge in [0.05, 0.1) is 0 Å². The molecule has 1 aliphatic heterocycles. The minimum Gasteiger partial charge on any atom is -0.354 e. The lowest BCUT2D eigenvalue weighted by Gasteiger charge is -2.24. The maximum atomic E-state index is 5.62. The molecule has 0 aliphatic carbocycles. The van der Waals surface area contributed by atoms with E-state index in [-0.39, 0.29) is 0 Å². The molecule has 0 radical (unpaired) electrons. The first-order valence-corrected chi connectivity index (χ1v) is 7.73. The highest BCUT2D eigenvalue weighted by Crippen LogP contribution is 2.29. The second-order valence-electron chi connectivity index (χ2n) is 6.24. The Morgan fingerprint density at radius 1 is 1.33 bits per heavy atom. The smallest absolute Gasteiger partial charge is 0.148 e. The summed E-state index contributed by atoms with van der Waals surface area (Å²) >= 11 is 0.